The number of nitrogens with zero attached hydrogens (tertiary/aromatic N) is 4. The molecule has 0 saturated heterocycles. The van der Waals surface area contributed by atoms with Crippen LogP contribution >= 0.6 is 11.6 Å². The lowest BCUT2D eigenvalue weighted by Crippen LogP contribution is -2.05. The summed E-state index contributed by atoms with van der Waals surface area (Å²) in [5.41, 5.74) is 5.02. The third-order valence-electron chi connectivity index (χ3n) is 4.21. The highest BCUT2D eigenvalue weighted by atomic mass is 35.5. The molecule has 2 aromatic carbocycles. The summed E-state index contributed by atoms with van der Waals surface area (Å²) in [5.74, 6) is 0.646. The van der Waals surface area contributed by atoms with Gasteiger partial charge in [0, 0.05) is 6.54 Å². The van der Waals surface area contributed by atoms with Crippen molar-refractivity contribution in [3.8, 4) is 0 Å². The average Bonchev–Trinajstić information content (AvgIpc) is 3.04. The number of fused-ring (bicyclic) bond motifs is 1. The van der Waals surface area contributed by atoms with Gasteiger partial charge >= 0.3 is 0 Å². The van der Waals surface area contributed by atoms with Gasteiger partial charge in [-0.15, -0.1) is 0 Å². The monoisotopic (exact) mass is 363 g/mol. The van der Waals surface area contributed by atoms with Crippen molar-refractivity contribution in [1.29, 1.82) is 0 Å². The summed E-state index contributed by atoms with van der Waals surface area (Å²) in [5, 5.41) is 3.54. The maximum absolute atomic E-state index is 6.15. The van der Waals surface area contributed by atoms with Gasteiger partial charge in [0.15, 0.2) is 17.0 Å². The van der Waals surface area contributed by atoms with E-state index in [2.05, 4.69) is 63.6 Å². The van der Waals surface area contributed by atoms with E-state index < -0.39 is 0 Å². The minimum absolute atomic E-state index is 0.207. The fourth-order valence-electron chi connectivity index (χ4n) is 2.83. The Hall–Kier alpha value is -2.92. The lowest BCUT2D eigenvalue weighted by Gasteiger charge is -2.08. The van der Waals surface area contributed by atoms with Gasteiger partial charge in [-0.1, -0.05) is 60.2 Å². The molecule has 4 aromatic rings. The molecule has 0 spiro atoms. The van der Waals surface area contributed by atoms with Gasteiger partial charge in [0.05, 0.1) is 12.9 Å². The van der Waals surface area contributed by atoms with Crippen LogP contribution < -0.4 is 5.32 Å². The Morgan fingerprint density at radius 3 is 2.50 bits per heavy atom. The molecule has 0 radical (unpaired) electrons. The van der Waals surface area contributed by atoms with Crippen molar-refractivity contribution < 1.29 is 0 Å². The van der Waals surface area contributed by atoms with Gasteiger partial charge in [0.1, 0.15) is 0 Å². The van der Waals surface area contributed by atoms with E-state index in [1.807, 2.05) is 22.8 Å². The number of benzene rings is 2. The number of imidazole rings is 1. The van der Waals surface area contributed by atoms with E-state index in [9.17, 15) is 0 Å². The van der Waals surface area contributed by atoms with Crippen LogP contribution in [0.3, 0.4) is 0 Å². The number of hydrogen-bond donors (Lipinski definition) is 1. The summed E-state index contributed by atoms with van der Waals surface area (Å²) in [6.07, 6.45) is 1.78. The topological polar surface area (TPSA) is 55.6 Å². The summed E-state index contributed by atoms with van der Waals surface area (Å²) >= 11 is 6.15. The third-order valence-corrected chi connectivity index (χ3v) is 4.38. The van der Waals surface area contributed by atoms with Crippen LogP contribution in [0.15, 0.2) is 60.9 Å². The molecular weight excluding hydrogens is 346 g/mol. The van der Waals surface area contributed by atoms with Crippen LogP contribution in [0, 0.1) is 6.92 Å². The Morgan fingerprint density at radius 1 is 0.962 bits per heavy atom. The summed E-state index contributed by atoms with van der Waals surface area (Å²) in [6.45, 7) is 3.40. The lowest BCUT2D eigenvalue weighted by molar-refractivity contribution is 0.813. The lowest BCUT2D eigenvalue weighted by atomic mass is 10.1. The number of nitrogens with one attached hydrogen (secondary N) is 1. The fraction of sp³-hybridized carbons (Fsp3) is 0.150. The molecule has 2 heterocycles. The van der Waals surface area contributed by atoms with E-state index in [4.69, 9.17) is 11.6 Å². The quantitative estimate of drug-likeness (QED) is 0.532. The molecule has 2 aromatic heterocycles. The van der Waals surface area contributed by atoms with E-state index in [-0.39, 0.29) is 5.28 Å². The summed E-state index contributed by atoms with van der Waals surface area (Å²) in [7, 11) is 0. The van der Waals surface area contributed by atoms with Crippen LogP contribution in [-0.2, 0) is 13.1 Å². The van der Waals surface area contributed by atoms with Crippen LogP contribution in [0.5, 0.6) is 0 Å². The number of aromatic nitrogens is 4. The first kappa shape index (κ1) is 16.5. The average molecular weight is 364 g/mol. The normalized spacial score (nSPS) is 11.0. The molecule has 26 heavy (non-hydrogen) atoms. The summed E-state index contributed by atoms with van der Waals surface area (Å²) in [6, 6.07) is 18.6. The van der Waals surface area contributed by atoms with Gasteiger partial charge < -0.3 is 9.88 Å². The highest BCUT2D eigenvalue weighted by molar-refractivity contribution is 6.28. The minimum atomic E-state index is 0.207. The molecule has 0 aliphatic heterocycles. The van der Waals surface area contributed by atoms with Crippen LogP contribution in [0.1, 0.15) is 16.7 Å². The Bertz CT molecular complexity index is 1030. The first-order chi connectivity index (χ1) is 12.7. The molecule has 0 atom stereocenters. The Balaban J connectivity index is 1.62. The van der Waals surface area contributed by atoms with E-state index in [0.29, 0.717) is 18.9 Å². The number of rotatable bonds is 5. The van der Waals surface area contributed by atoms with Crippen molar-refractivity contribution in [1.82, 2.24) is 19.5 Å². The standard InChI is InChI=1S/C20H18ClN5/c1-14-7-9-15(10-8-14)11-22-18-17-19(25-20(21)24-18)26(13-23-17)12-16-5-3-2-4-6-16/h2-10,13H,11-12H2,1H3,(H,22,24,25). The van der Waals surface area contributed by atoms with Crippen molar-refractivity contribution in [2.24, 2.45) is 0 Å². The number of hydrogen-bond acceptors (Lipinski definition) is 4. The van der Waals surface area contributed by atoms with E-state index in [1.165, 1.54) is 16.7 Å². The second-order valence-corrected chi connectivity index (χ2v) is 6.55. The first-order valence-corrected chi connectivity index (χ1v) is 8.78. The van der Waals surface area contributed by atoms with Crippen molar-refractivity contribution in [2.75, 3.05) is 5.32 Å². The molecule has 0 bridgehead atoms. The van der Waals surface area contributed by atoms with Crippen LogP contribution in [-0.4, -0.2) is 19.5 Å². The Labute approximate surface area is 156 Å². The van der Waals surface area contributed by atoms with Gasteiger partial charge in [0.2, 0.25) is 5.28 Å². The van der Waals surface area contributed by atoms with Crippen LogP contribution in [0.2, 0.25) is 5.28 Å². The van der Waals surface area contributed by atoms with Crippen molar-refractivity contribution in [3.63, 3.8) is 0 Å². The number of halogens is 1. The first-order valence-electron chi connectivity index (χ1n) is 8.41. The van der Waals surface area contributed by atoms with Gasteiger partial charge in [0.25, 0.3) is 0 Å². The molecule has 1 N–H and O–H groups in total. The summed E-state index contributed by atoms with van der Waals surface area (Å²) in [4.78, 5) is 13.2. The number of anilines is 1. The molecule has 0 amide bonds. The van der Waals surface area contributed by atoms with Crippen molar-refractivity contribution >= 4 is 28.6 Å². The van der Waals surface area contributed by atoms with Gasteiger partial charge in [-0.05, 0) is 29.7 Å². The molecule has 5 nitrogen and oxygen atoms in total. The van der Waals surface area contributed by atoms with E-state index in [1.54, 1.807) is 6.33 Å². The fourth-order valence-corrected chi connectivity index (χ4v) is 2.99. The maximum Gasteiger partial charge on any atom is 0.226 e. The molecule has 0 aliphatic rings. The molecule has 4 rings (SSSR count). The molecule has 0 saturated carbocycles. The van der Waals surface area contributed by atoms with E-state index in [0.717, 1.165) is 11.2 Å². The summed E-state index contributed by atoms with van der Waals surface area (Å²) < 4.78 is 1.98. The molecule has 130 valence electrons. The van der Waals surface area contributed by atoms with Gasteiger partial charge in [-0.2, -0.15) is 9.97 Å². The van der Waals surface area contributed by atoms with Crippen molar-refractivity contribution in [2.45, 2.75) is 20.0 Å². The second-order valence-electron chi connectivity index (χ2n) is 6.21. The Morgan fingerprint density at radius 2 is 1.73 bits per heavy atom. The molecule has 0 aliphatic carbocycles. The third kappa shape index (κ3) is 3.53. The predicted octanol–water partition coefficient (Wildman–Crippen LogP) is 4.45. The van der Waals surface area contributed by atoms with Crippen LogP contribution in [0.25, 0.3) is 11.2 Å². The van der Waals surface area contributed by atoms with Crippen LogP contribution in [0.4, 0.5) is 5.82 Å². The largest absolute Gasteiger partial charge is 0.364 e. The molecule has 6 heteroatoms. The molecule has 0 fully saturated rings. The molecule has 0 unspecified atom stereocenters. The second kappa shape index (κ2) is 7.14. The zero-order valence-electron chi connectivity index (χ0n) is 14.4. The SMILES string of the molecule is Cc1ccc(CNc2nc(Cl)nc3c2ncn3Cc2ccccc2)cc1. The zero-order valence-corrected chi connectivity index (χ0v) is 15.1. The van der Waals surface area contributed by atoms with Gasteiger partial charge in [-0.3, -0.25) is 0 Å². The maximum atomic E-state index is 6.15. The number of aryl methyl sites for hydroxylation is 1. The van der Waals surface area contributed by atoms with Crippen molar-refractivity contribution in [3.05, 3.63) is 82.9 Å². The predicted molar refractivity (Wildman–Crippen MR) is 104 cm³/mol. The smallest absolute Gasteiger partial charge is 0.226 e. The van der Waals surface area contributed by atoms with Gasteiger partial charge in [-0.25, -0.2) is 4.98 Å². The highest BCUT2D eigenvalue weighted by Crippen LogP contribution is 2.22. The van der Waals surface area contributed by atoms with E-state index >= 15 is 0 Å². The molecular formula is C20H18ClN5. The zero-order chi connectivity index (χ0) is 17.9. The highest BCUT2D eigenvalue weighted by Gasteiger charge is 2.13. The minimum Gasteiger partial charge on any atom is -0.364 e. The Kier molecular flexibility index (Phi) is 4.54.